The summed E-state index contributed by atoms with van der Waals surface area (Å²) >= 11 is 0. The van der Waals surface area contributed by atoms with Crippen LogP contribution in [-0.2, 0) is 4.79 Å². The largest absolute Gasteiger partial charge is 0.421 e. The molecule has 108 valence electrons. The van der Waals surface area contributed by atoms with Crippen molar-refractivity contribution >= 4 is 28.8 Å². The summed E-state index contributed by atoms with van der Waals surface area (Å²) in [6.07, 6.45) is 0.544. The topological polar surface area (TPSA) is 55.4 Å². The zero-order valence-electron chi connectivity index (χ0n) is 11.7. The van der Waals surface area contributed by atoms with Crippen LogP contribution in [0.5, 0.6) is 5.75 Å². The molecule has 3 rings (SSSR count). The van der Waals surface area contributed by atoms with Crippen LogP contribution in [0.3, 0.4) is 0 Å². The fourth-order valence-corrected chi connectivity index (χ4v) is 2.21. The molecule has 0 aromatic heterocycles. The van der Waals surface area contributed by atoms with Crippen LogP contribution < -0.4 is 10.1 Å². The van der Waals surface area contributed by atoms with Crippen molar-refractivity contribution in [3.63, 3.8) is 0 Å². The van der Waals surface area contributed by atoms with Crippen molar-refractivity contribution in [1.29, 1.82) is 0 Å². The number of hydrogen-bond donors (Lipinski definition) is 1. The minimum absolute atomic E-state index is 0.313. The molecule has 3 aromatic carbocycles. The Morgan fingerprint density at radius 1 is 0.909 bits per heavy atom. The van der Waals surface area contributed by atoms with Crippen LogP contribution in [-0.4, -0.2) is 12.4 Å². The van der Waals surface area contributed by atoms with Gasteiger partial charge in [0.15, 0.2) is 5.75 Å². The summed E-state index contributed by atoms with van der Waals surface area (Å²) in [5.74, 6) is -0.154. The Balaban J connectivity index is 1.88. The second-order valence-electron chi connectivity index (χ2n) is 4.71. The third kappa shape index (κ3) is 2.81. The van der Waals surface area contributed by atoms with Gasteiger partial charge in [-0.3, -0.25) is 4.79 Å². The molecule has 1 amide bonds. The van der Waals surface area contributed by atoms with E-state index in [4.69, 9.17) is 4.74 Å². The standard InChI is InChI=1S/C18H13NO3/c20-12-19-16-7-3-4-8-17(16)22-18(21)15-10-9-13-5-1-2-6-14(13)11-15/h1-12H,(H,19,20). The van der Waals surface area contributed by atoms with Crippen LogP contribution in [0.25, 0.3) is 10.8 Å². The first-order chi connectivity index (χ1) is 10.8. The van der Waals surface area contributed by atoms with Crippen molar-refractivity contribution in [2.75, 3.05) is 5.32 Å². The Labute approximate surface area is 127 Å². The number of anilines is 1. The first kappa shape index (κ1) is 13.8. The third-order valence-electron chi connectivity index (χ3n) is 3.29. The first-order valence-corrected chi connectivity index (χ1v) is 6.78. The maximum atomic E-state index is 12.3. The summed E-state index contributed by atoms with van der Waals surface area (Å²) in [7, 11) is 0. The minimum atomic E-state index is -0.467. The first-order valence-electron chi connectivity index (χ1n) is 6.78. The molecule has 0 saturated heterocycles. The third-order valence-corrected chi connectivity index (χ3v) is 3.29. The molecule has 0 bridgehead atoms. The number of esters is 1. The molecule has 0 unspecified atom stereocenters. The van der Waals surface area contributed by atoms with E-state index in [0.717, 1.165) is 10.8 Å². The molecule has 0 atom stereocenters. The molecule has 3 aromatic rings. The van der Waals surface area contributed by atoms with Gasteiger partial charge in [-0.05, 0) is 35.0 Å². The van der Waals surface area contributed by atoms with Gasteiger partial charge in [0.05, 0.1) is 11.3 Å². The van der Waals surface area contributed by atoms with Crippen LogP contribution in [0.15, 0.2) is 66.7 Å². The molecule has 4 nitrogen and oxygen atoms in total. The lowest BCUT2D eigenvalue weighted by atomic mass is 10.1. The quantitative estimate of drug-likeness (QED) is 0.454. The number of carbonyl (C=O) groups excluding carboxylic acids is 2. The lowest BCUT2D eigenvalue weighted by Crippen LogP contribution is -2.10. The van der Waals surface area contributed by atoms with Gasteiger partial charge in [-0.25, -0.2) is 4.79 Å². The monoisotopic (exact) mass is 291 g/mol. The van der Waals surface area contributed by atoms with E-state index >= 15 is 0 Å². The summed E-state index contributed by atoms with van der Waals surface area (Å²) in [6, 6.07) is 19.9. The van der Waals surface area contributed by atoms with Crippen LogP contribution in [0.1, 0.15) is 10.4 Å². The van der Waals surface area contributed by atoms with Gasteiger partial charge in [0.25, 0.3) is 0 Å². The molecule has 0 aliphatic carbocycles. The van der Waals surface area contributed by atoms with E-state index in [1.54, 1.807) is 36.4 Å². The average Bonchev–Trinajstić information content (AvgIpc) is 2.56. The molecule has 0 spiro atoms. The van der Waals surface area contributed by atoms with Gasteiger partial charge < -0.3 is 10.1 Å². The highest BCUT2D eigenvalue weighted by Crippen LogP contribution is 2.24. The van der Waals surface area contributed by atoms with Gasteiger partial charge in [-0.2, -0.15) is 0 Å². The Kier molecular flexibility index (Phi) is 3.83. The normalized spacial score (nSPS) is 10.2. The molecule has 1 N–H and O–H groups in total. The highest BCUT2D eigenvalue weighted by molar-refractivity contribution is 5.97. The molecule has 0 aliphatic heterocycles. The molecule has 0 heterocycles. The number of amides is 1. The zero-order valence-corrected chi connectivity index (χ0v) is 11.7. The fourth-order valence-electron chi connectivity index (χ4n) is 2.21. The molecular weight excluding hydrogens is 278 g/mol. The number of rotatable bonds is 4. The molecule has 0 fully saturated rings. The second kappa shape index (κ2) is 6.10. The van der Waals surface area contributed by atoms with Crippen molar-refractivity contribution in [1.82, 2.24) is 0 Å². The van der Waals surface area contributed by atoms with Crippen molar-refractivity contribution in [2.45, 2.75) is 0 Å². The number of carbonyl (C=O) groups is 2. The number of fused-ring (bicyclic) bond motifs is 1. The van der Waals surface area contributed by atoms with E-state index in [0.29, 0.717) is 23.4 Å². The summed E-state index contributed by atoms with van der Waals surface area (Å²) in [6.45, 7) is 0. The van der Waals surface area contributed by atoms with E-state index in [2.05, 4.69) is 5.32 Å². The van der Waals surface area contributed by atoms with Crippen molar-refractivity contribution in [3.8, 4) is 5.75 Å². The Morgan fingerprint density at radius 3 is 2.45 bits per heavy atom. The van der Waals surface area contributed by atoms with Crippen LogP contribution in [0, 0.1) is 0 Å². The van der Waals surface area contributed by atoms with E-state index in [9.17, 15) is 9.59 Å². The number of benzene rings is 3. The highest BCUT2D eigenvalue weighted by atomic mass is 16.5. The van der Waals surface area contributed by atoms with Gasteiger partial charge in [-0.1, -0.05) is 42.5 Å². The van der Waals surface area contributed by atoms with Crippen LogP contribution >= 0.6 is 0 Å². The van der Waals surface area contributed by atoms with Gasteiger partial charge in [0.2, 0.25) is 6.41 Å². The SMILES string of the molecule is O=CNc1ccccc1OC(=O)c1ccc2ccccc2c1. The predicted octanol–water partition coefficient (Wildman–Crippen LogP) is 3.63. The molecule has 22 heavy (non-hydrogen) atoms. The van der Waals surface area contributed by atoms with Crippen molar-refractivity contribution < 1.29 is 14.3 Å². The van der Waals surface area contributed by atoms with Gasteiger partial charge in [0.1, 0.15) is 0 Å². The lowest BCUT2D eigenvalue weighted by molar-refractivity contribution is -0.105. The van der Waals surface area contributed by atoms with Crippen molar-refractivity contribution in [2.24, 2.45) is 0 Å². The number of nitrogens with one attached hydrogen (secondary N) is 1. The minimum Gasteiger partial charge on any atom is -0.421 e. The molecule has 0 saturated carbocycles. The number of hydrogen-bond acceptors (Lipinski definition) is 3. The maximum absolute atomic E-state index is 12.3. The fraction of sp³-hybridized carbons (Fsp3) is 0. The lowest BCUT2D eigenvalue weighted by Gasteiger charge is -2.09. The summed E-state index contributed by atoms with van der Waals surface area (Å²) in [5.41, 5.74) is 0.909. The average molecular weight is 291 g/mol. The Bertz CT molecular complexity index is 842. The second-order valence-corrected chi connectivity index (χ2v) is 4.71. The zero-order chi connectivity index (χ0) is 15.4. The summed E-state index contributed by atoms with van der Waals surface area (Å²) in [5, 5.41) is 4.53. The summed E-state index contributed by atoms with van der Waals surface area (Å²) < 4.78 is 5.37. The molecule has 0 aliphatic rings. The number of ether oxygens (including phenoxy) is 1. The molecule has 4 heteroatoms. The Morgan fingerprint density at radius 2 is 1.64 bits per heavy atom. The van der Waals surface area contributed by atoms with Crippen LogP contribution in [0.2, 0.25) is 0 Å². The van der Waals surface area contributed by atoms with E-state index in [1.807, 2.05) is 30.3 Å². The van der Waals surface area contributed by atoms with Crippen LogP contribution in [0.4, 0.5) is 5.69 Å². The smallest absolute Gasteiger partial charge is 0.343 e. The van der Waals surface area contributed by atoms with Gasteiger partial charge in [0, 0.05) is 0 Å². The molecule has 0 radical (unpaired) electrons. The maximum Gasteiger partial charge on any atom is 0.343 e. The predicted molar refractivity (Wildman–Crippen MR) is 85.0 cm³/mol. The van der Waals surface area contributed by atoms with Gasteiger partial charge in [-0.15, -0.1) is 0 Å². The molecular formula is C18H13NO3. The van der Waals surface area contributed by atoms with E-state index in [1.165, 1.54) is 0 Å². The van der Waals surface area contributed by atoms with Crippen molar-refractivity contribution in [3.05, 3.63) is 72.3 Å². The van der Waals surface area contributed by atoms with Gasteiger partial charge >= 0.3 is 5.97 Å². The van der Waals surface area contributed by atoms with E-state index in [-0.39, 0.29) is 0 Å². The summed E-state index contributed by atoms with van der Waals surface area (Å²) in [4.78, 5) is 22.9. The Hall–Kier alpha value is -3.14. The van der Waals surface area contributed by atoms with E-state index < -0.39 is 5.97 Å². The highest BCUT2D eigenvalue weighted by Gasteiger charge is 2.11. The number of para-hydroxylation sites is 2.